The van der Waals surface area contributed by atoms with Crippen molar-refractivity contribution in [3.05, 3.63) is 35.4 Å². The van der Waals surface area contributed by atoms with Crippen LogP contribution in [0.1, 0.15) is 47.4 Å². The molecule has 0 aromatic heterocycles. The monoisotopic (exact) mass is 276 g/mol. The number of rotatable bonds is 6. The summed E-state index contributed by atoms with van der Waals surface area (Å²) in [6.45, 7) is 4.67. The van der Waals surface area contributed by atoms with Crippen LogP contribution >= 0.6 is 0 Å². The molecule has 0 spiro atoms. The highest BCUT2D eigenvalue weighted by Gasteiger charge is 2.10. The molecule has 1 aromatic rings. The molecule has 4 nitrogen and oxygen atoms in total. The van der Waals surface area contributed by atoms with Crippen LogP contribution in [0.4, 0.5) is 0 Å². The van der Waals surface area contributed by atoms with Crippen LogP contribution in [0.3, 0.4) is 0 Å². The molecule has 0 amide bonds. The third-order valence-electron chi connectivity index (χ3n) is 2.23. The summed E-state index contributed by atoms with van der Waals surface area (Å²) < 4.78 is 9.97. The van der Waals surface area contributed by atoms with E-state index in [1.807, 2.05) is 13.8 Å². The van der Waals surface area contributed by atoms with Gasteiger partial charge in [0.1, 0.15) is 0 Å². The zero-order valence-corrected chi connectivity index (χ0v) is 10.8. The van der Waals surface area contributed by atoms with Gasteiger partial charge in [-0.05, 0) is 37.1 Å². The minimum atomic E-state index is -0.370. The van der Waals surface area contributed by atoms with Crippen molar-refractivity contribution < 1.29 is 19.1 Å². The van der Waals surface area contributed by atoms with E-state index >= 15 is 0 Å². The van der Waals surface area contributed by atoms with Gasteiger partial charge in [0.25, 0.3) is 0 Å². The quantitative estimate of drug-likeness (QED) is 0.588. The lowest BCUT2D eigenvalue weighted by Crippen LogP contribution is -2.08. The molecule has 0 bridgehead atoms. The number of carbonyl (C=O) groups is 2. The van der Waals surface area contributed by atoms with Gasteiger partial charge in [0.15, 0.2) is 0 Å². The highest BCUT2D eigenvalue weighted by atomic mass is 24.3. The van der Waals surface area contributed by atoms with Gasteiger partial charge in [-0.1, -0.05) is 13.8 Å². The van der Waals surface area contributed by atoms with Crippen molar-refractivity contribution in [1.29, 1.82) is 0 Å². The van der Waals surface area contributed by atoms with E-state index in [4.69, 9.17) is 9.47 Å². The number of hydrogen-bond donors (Lipinski definition) is 0. The van der Waals surface area contributed by atoms with Crippen molar-refractivity contribution in [2.75, 3.05) is 13.2 Å². The minimum absolute atomic E-state index is 0. The fourth-order valence-corrected chi connectivity index (χ4v) is 1.30. The maximum absolute atomic E-state index is 11.5. The normalized spacial score (nSPS) is 9.37. The molecule has 0 radical (unpaired) electrons. The number of benzene rings is 1. The molecule has 0 saturated carbocycles. The van der Waals surface area contributed by atoms with Crippen molar-refractivity contribution in [2.45, 2.75) is 26.7 Å². The van der Waals surface area contributed by atoms with Gasteiger partial charge in [-0.15, -0.1) is 0 Å². The van der Waals surface area contributed by atoms with Gasteiger partial charge < -0.3 is 9.47 Å². The van der Waals surface area contributed by atoms with E-state index in [2.05, 4.69) is 0 Å². The summed E-state index contributed by atoms with van der Waals surface area (Å²) in [6.07, 6.45) is 1.57. The van der Waals surface area contributed by atoms with Crippen molar-refractivity contribution in [2.24, 2.45) is 0 Å². The second-order valence-electron chi connectivity index (χ2n) is 3.85. The number of hydrogen-bond acceptors (Lipinski definition) is 4. The lowest BCUT2D eigenvalue weighted by atomic mass is 10.1. The Bertz CT molecular complexity index is 361. The van der Waals surface area contributed by atoms with E-state index in [9.17, 15) is 9.59 Å². The molecule has 0 unspecified atom stereocenters. The first kappa shape index (κ1) is 17.9. The zero-order valence-electron chi connectivity index (χ0n) is 10.8. The standard InChI is InChI=1S/C14H18O4.Mg.2H/c1-3-9-17-13(15)11-5-7-12(8-6-11)14(16)18-10-4-2;;;/h5-8H,3-4,9-10H2,1-2H3;;;. The van der Waals surface area contributed by atoms with Crippen LogP contribution < -0.4 is 0 Å². The lowest BCUT2D eigenvalue weighted by molar-refractivity contribution is 0.0490. The Morgan fingerprint density at radius 1 is 0.842 bits per heavy atom. The Kier molecular flexibility index (Phi) is 9.25. The molecule has 0 aliphatic rings. The SMILES string of the molecule is CCCOC(=O)c1ccc(C(=O)OCCC)cc1.[MgH2]. The second-order valence-corrected chi connectivity index (χ2v) is 3.85. The Labute approximate surface area is 129 Å². The fourth-order valence-electron chi connectivity index (χ4n) is 1.30. The van der Waals surface area contributed by atoms with Crippen molar-refractivity contribution in [3.8, 4) is 0 Å². The average Bonchev–Trinajstić information content (AvgIpc) is 2.42. The molecule has 0 atom stereocenters. The summed E-state index contributed by atoms with van der Waals surface area (Å²) in [6, 6.07) is 6.28. The van der Waals surface area contributed by atoms with Crippen LogP contribution in [0, 0.1) is 0 Å². The number of esters is 2. The molecule has 1 rings (SSSR count). The third-order valence-corrected chi connectivity index (χ3v) is 2.23. The molecule has 1 aromatic carbocycles. The summed E-state index contributed by atoms with van der Waals surface area (Å²) in [5.74, 6) is -0.740. The van der Waals surface area contributed by atoms with E-state index in [1.54, 1.807) is 24.3 Å². The maximum Gasteiger partial charge on any atom is 0.338 e. The van der Waals surface area contributed by atoms with Crippen LogP contribution in [0.25, 0.3) is 0 Å². The summed E-state index contributed by atoms with van der Waals surface area (Å²) in [7, 11) is 0. The fraction of sp³-hybridized carbons (Fsp3) is 0.429. The lowest BCUT2D eigenvalue weighted by Gasteiger charge is -2.05. The smallest absolute Gasteiger partial charge is 0.338 e. The Balaban J connectivity index is 0.00000324. The average molecular weight is 277 g/mol. The Morgan fingerprint density at radius 2 is 1.16 bits per heavy atom. The van der Waals surface area contributed by atoms with Gasteiger partial charge in [-0.25, -0.2) is 9.59 Å². The van der Waals surface area contributed by atoms with Gasteiger partial charge in [-0.2, -0.15) is 0 Å². The highest BCUT2D eigenvalue weighted by molar-refractivity contribution is 5.93. The number of carbonyl (C=O) groups excluding carboxylic acids is 2. The molecule has 102 valence electrons. The topological polar surface area (TPSA) is 52.6 Å². The summed E-state index contributed by atoms with van der Waals surface area (Å²) in [5, 5.41) is 0. The Hall–Kier alpha value is -1.07. The molecule has 0 heterocycles. The first-order chi connectivity index (χ1) is 8.69. The van der Waals surface area contributed by atoms with Crippen molar-refractivity contribution in [1.82, 2.24) is 0 Å². The van der Waals surface area contributed by atoms with Crippen LogP contribution in [-0.2, 0) is 9.47 Å². The molecule has 0 fully saturated rings. The summed E-state index contributed by atoms with van der Waals surface area (Å²) in [4.78, 5) is 23.0. The van der Waals surface area contributed by atoms with Crippen LogP contribution in [0.15, 0.2) is 24.3 Å². The third kappa shape index (κ3) is 6.07. The second kappa shape index (κ2) is 9.80. The van der Waals surface area contributed by atoms with E-state index in [0.29, 0.717) is 24.3 Å². The molecule has 0 N–H and O–H groups in total. The van der Waals surface area contributed by atoms with Gasteiger partial charge in [0, 0.05) is 0 Å². The molecular weight excluding hydrogens is 256 g/mol. The van der Waals surface area contributed by atoms with Crippen molar-refractivity contribution >= 4 is 35.0 Å². The van der Waals surface area contributed by atoms with Gasteiger partial charge in [0.05, 0.1) is 24.3 Å². The van der Waals surface area contributed by atoms with Crippen molar-refractivity contribution in [3.63, 3.8) is 0 Å². The van der Waals surface area contributed by atoms with Crippen LogP contribution in [0.5, 0.6) is 0 Å². The largest absolute Gasteiger partial charge is 0.462 e. The number of ether oxygens (including phenoxy) is 2. The predicted octanol–water partition coefficient (Wildman–Crippen LogP) is 1.90. The van der Waals surface area contributed by atoms with E-state index in [-0.39, 0.29) is 35.0 Å². The van der Waals surface area contributed by atoms with E-state index in [0.717, 1.165) is 12.8 Å². The zero-order chi connectivity index (χ0) is 13.4. The van der Waals surface area contributed by atoms with E-state index < -0.39 is 0 Å². The minimum Gasteiger partial charge on any atom is -0.462 e. The van der Waals surface area contributed by atoms with Gasteiger partial charge >= 0.3 is 35.0 Å². The molecule has 19 heavy (non-hydrogen) atoms. The first-order valence-corrected chi connectivity index (χ1v) is 6.13. The van der Waals surface area contributed by atoms with Crippen LogP contribution in [-0.4, -0.2) is 48.2 Å². The molecule has 0 aliphatic carbocycles. The molecule has 5 heteroatoms. The predicted molar refractivity (Wildman–Crippen MR) is 76.1 cm³/mol. The molecule has 0 saturated heterocycles. The first-order valence-electron chi connectivity index (χ1n) is 6.13. The summed E-state index contributed by atoms with van der Waals surface area (Å²) in [5.41, 5.74) is 0.881. The van der Waals surface area contributed by atoms with Gasteiger partial charge in [-0.3, -0.25) is 0 Å². The van der Waals surface area contributed by atoms with Gasteiger partial charge in [0.2, 0.25) is 0 Å². The highest BCUT2D eigenvalue weighted by Crippen LogP contribution is 2.08. The summed E-state index contributed by atoms with van der Waals surface area (Å²) >= 11 is 0. The Morgan fingerprint density at radius 3 is 1.42 bits per heavy atom. The van der Waals surface area contributed by atoms with Crippen LogP contribution in [0.2, 0.25) is 0 Å². The maximum atomic E-state index is 11.5. The van der Waals surface area contributed by atoms with E-state index in [1.165, 1.54) is 0 Å². The molecule has 0 aliphatic heterocycles. The molecular formula is C14H20MgO4.